The van der Waals surface area contributed by atoms with Gasteiger partial charge in [0.1, 0.15) is 5.82 Å². The molecule has 0 saturated heterocycles. The van der Waals surface area contributed by atoms with Crippen LogP contribution in [0.15, 0.2) is 24.4 Å². The molecule has 0 spiro atoms. The first kappa shape index (κ1) is 15.3. The fourth-order valence-corrected chi connectivity index (χ4v) is 2.39. The highest BCUT2D eigenvalue weighted by Crippen LogP contribution is 2.28. The maximum Gasteiger partial charge on any atom is 0.224 e. The van der Waals surface area contributed by atoms with Gasteiger partial charge in [0.05, 0.1) is 0 Å². The van der Waals surface area contributed by atoms with Crippen molar-refractivity contribution in [1.82, 2.24) is 9.97 Å². The molecule has 4 nitrogen and oxygen atoms in total. The summed E-state index contributed by atoms with van der Waals surface area (Å²) in [5, 5.41) is 3.24. The van der Waals surface area contributed by atoms with Gasteiger partial charge in [-0.15, -0.1) is 0 Å². The van der Waals surface area contributed by atoms with Gasteiger partial charge in [0, 0.05) is 31.0 Å². The van der Waals surface area contributed by atoms with Crippen molar-refractivity contribution in [2.75, 3.05) is 23.8 Å². The maximum atomic E-state index is 4.65. The molecule has 0 aliphatic carbocycles. The summed E-state index contributed by atoms with van der Waals surface area (Å²) >= 11 is 0. The fourth-order valence-electron chi connectivity index (χ4n) is 2.39. The summed E-state index contributed by atoms with van der Waals surface area (Å²) < 4.78 is 0. The Morgan fingerprint density at radius 2 is 1.90 bits per heavy atom. The lowest BCUT2D eigenvalue weighted by Gasteiger charge is -2.23. The van der Waals surface area contributed by atoms with Gasteiger partial charge in [0.25, 0.3) is 0 Å². The fraction of sp³-hybridized carbons (Fsp3) is 0.412. The Morgan fingerprint density at radius 1 is 1.14 bits per heavy atom. The summed E-state index contributed by atoms with van der Waals surface area (Å²) in [5.41, 5.74) is 4.76. The molecule has 0 aliphatic heterocycles. The topological polar surface area (TPSA) is 41.1 Å². The number of aromatic nitrogens is 2. The number of nitrogens with one attached hydrogen (secondary N) is 1. The van der Waals surface area contributed by atoms with E-state index in [1.165, 1.54) is 16.8 Å². The Bertz CT molecular complexity index is 622. The van der Waals surface area contributed by atoms with Crippen molar-refractivity contribution in [2.45, 2.75) is 34.1 Å². The van der Waals surface area contributed by atoms with E-state index >= 15 is 0 Å². The molecule has 1 heterocycles. The average Bonchev–Trinajstić information content (AvgIpc) is 2.46. The summed E-state index contributed by atoms with van der Waals surface area (Å²) in [6, 6.07) is 6.47. The van der Waals surface area contributed by atoms with Crippen LogP contribution < -0.4 is 10.2 Å². The molecular formula is C17H24N4. The molecule has 0 bridgehead atoms. The van der Waals surface area contributed by atoms with Crippen molar-refractivity contribution in [1.29, 1.82) is 0 Å². The largest absolute Gasteiger partial charge is 0.354 e. The average molecular weight is 284 g/mol. The van der Waals surface area contributed by atoms with Gasteiger partial charge in [0.2, 0.25) is 5.95 Å². The van der Waals surface area contributed by atoms with Crippen molar-refractivity contribution in [3.63, 3.8) is 0 Å². The van der Waals surface area contributed by atoms with E-state index in [0.29, 0.717) is 5.95 Å². The molecule has 0 unspecified atom stereocenters. The summed E-state index contributed by atoms with van der Waals surface area (Å²) in [6.45, 7) is 9.30. The monoisotopic (exact) mass is 284 g/mol. The standard InChI is InChI=1S/C17H24N4/c1-6-9-18-17-19-11-14(4)16(20-17)21(5)15-8-7-12(2)10-13(15)3/h7-8,10-11H,6,9H2,1-5H3,(H,18,19,20). The number of hydrogen-bond donors (Lipinski definition) is 1. The SMILES string of the molecule is CCCNc1ncc(C)c(N(C)c2ccc(C)cc2C)n1. The predicted molar refractivity (Wildman–Crippen MR) is 89.5 cm³/mol. The quantitative estimate of drug-likeness (QED) is 0.901. The molecule has 1 aromatic heterocycles. The molecule has 0 atom stereocenters. The molecule has 0 saturated carbocycles. The number of nitrogens with zero attached hydrogens (tertiary/aromatic N) is 3. The van der Waals surface area contributed by atoms with Crippen LogP contribution in [-0.4, -0.2) is 23.6 Å². The molecule has 0 radical (unpaired) electrons. The molecule has 0 aliphatic rings. The number of anilines is 3. The van der Waals surface area contributed by atoms with Crippen LogP contribution in [0.5, 0.6) is 0 Å². The third-order valence-corrected chi connectivity index (χ3v) is 3.51. The molecule has 0 fully saturated rings. The van der Waals surface area contributed by atoms with E-state index in [1.54, 1.807) is 0 Å². The van der Waals surface area contributed by atoms with Crippen molar-refractivity contribution in [3.8, 4) is 0 Å². The van der Waals surface area contributed by atoms with Gasteiger partial charge >= 0.3 is 0 Å². The van der Waals surface area contributed by atoms with Crippen LogP contribution in [-0.2, 0) is 0 Å². The van der Waals surface area contributed by atoms with E-state index < -0.39 is 0 Å². The van der Waals surface area contributed by atoms with E-state index in [1.807, 2.05) is 13.1 Å². The van der Waals surface area contributed by atoms with Crippen molar-refractivity contribution >= 4 is 17.5 Å². The number of hydrogen-bond acceptors (Lipinski definition) is 4. The van der Waals surface area contributed by atoms with Gasteiger partial charge in [-0.05, 0) is 38.8 Å². The molecule has 112 valence electrons. The zero-order valence-electron chi connectivity index (χ0n) is 13.6. The zero-order valence-corrected chi connectivity index (χ0v) is 13.6. The third-order valence-electron chi connectivity index (χ3n) is 3.51. The van der Waals surface area contributed by atoms with E-state index in [9.17, 15) is 0 Å². The normalized spacial score (nSPS) is 10.5. The predicted octanol–water partition coefficient (Wildman–Crippen LogP) is 3.99. The zero-order chi connectivity index (χ0) is 15.4. The summed E-state index contributed by atoms with van der Waals surface area (Å²) in [7, 11) is 2.05. The molecule has 21 heavy (non-hydrogen) atoms. The summed E-state index contributed by atoms with van der Waals surface area (Å²) in [5.74, 6) is 1.63. The van der Waals surface area contributed by atoms with Gasteiger partial charge in [-0.25, -0.2) is 4.98 Å². The number of rotatable bonds is 5. The maximum absolute atomic E-state index is 4.65. The Hall–Kier alpha value is -2.10. The highest BCUT2D eigenvalue weighted by atomic mass is 15.2. The third kappa shape index (κ3) is 3.51. The first-order valence-electron chi connectivity index (χ1n) is 7.41. The number of benzene rings is 1. The molecular weight excluding hydrogens is 260 g/mol. The van der Waals surface area contributed by atoms with Gasteiger partial charge in [-0.2, -0.15) is 4.98 Å². The van der Waals surface area contributed by atoms with Crippen LogP contribution in [0.1, 0.15) is 30.0 Å². The second kappa shape index (κ2) is 6.57. The van der Waals surface area contributed by atoms with E-state index in [4.69, 9.17) is 0 Å². The first-order valence-corrected chi connectivity index (χ1v) is 7.41. The van der Waals surface area contributed by atoms with Crippen molar-refractivity contribution in [2.24, 2.45) is 0 Å². The van der Waals surface area contributed by atoms with Crippen LogP contribution in [0.3, 0.4) is 0 Å². The minimum atomic E-state index is 0.689. The molecule has 1 aromatic carbocycles. The second-order valence-electron chi connectivity index (χ2n) is 5.48. The Labute approximate surface area is 127 Å². The summed E-state index contributed by atoms with van der Waals surface area (Å²) in [6.07, 6.45) is 2.93. The Morgan fingerprint density at radius 3 is 2.57 bits per heavy atom. The smallest absolute Gasteiger partial charge is 0.224 e. The van der Waals surface area contributed by atoms with Crippen LogP contribution >= 0.6 is 0 Å². The second-order valence-corrected chi connectivity index (χ2v) is 5.48. The molecule has 2 aromatic rings. The van der Waals surface area contributed by atoms with E-state index in [2.05, 4.69) is 66.2 Å². The van der Waals surface area contributed by atoms with Crippen LogP contribution in [0.25, 0.3) is 0 Å². The lowest BCUT2D eigenvalue weighted by atomic mass is 10.1. The lowest BCUT2D eigenvalue weighted by molar-refractivity contribution is 0.943. The number of aryl methyl sites for hydroxylation is 3. The van der Waals surface area contributed by atoms with Gasteiger partial charge in [-0.1, -0.05) is 24.6 Å². The summed E-state index contributed by atoms with van der Waals surface area (Å²) in [4.78, 5) is 11.1. The van der Waals surface area contributed by atoms with E-state index in [0.717, 1.165) is 24.3 Å². The minimum absolute atomic E-state index is 0.689. The Kier molecular flexibility index (Phi) is 4.78. The van der Waals surface area contributed by atoms with Crippen LogP contribution in [0.4, 0.5) is 17.5 Å². The highest BCUT2D eigenvalue weighted by Gasteiger charge is 2.12. The Balaban J connectivity index is 2.35. The highest BCUT2D eigenvalue weighted by molar-refractivity contribution is 5.66. The van der Waals surface area contributed by atoms with Crippen molar-refractivity contribution in [3.05, 3.63) is 41.1 Å². The molecule has 0 amide bonds. The molecule has 1 N–H and O–H groups in total. The van der Waals surface area contributed by atoms with Gasteiger partial charge in [-0.3, -0.25) is 0 Å². The minimum Gasteiger partial charge on any atom is -0.354 e. The van der Waals surface area contributed by atoms with Crippen LogP contribution in [0.2, 0.25) is 0 Å². The van der Waals surface area contributed by atoms with Gasteiger partial charge in [0.15, 0.2) is 0 Å². The lowest BCUT2D eigenvalue weighted by Crippen LogP contribution is -2.16. The first-order chi connectivity index (χ1) is 10.0. The van der Waals surface area contributed by atoms with E-state index in [-0.39, 0.29) is 0 Å². The van der Waals surface area contributed by atoms with Gasteiger partial charge < -0.3 is 10.2 Å². The molecule has 4 heteroatoms. The van der Waals surface area contributed by atoms with Crippen molar-refractivity contribution < 1.29 is 0 Å². The van der Waals surface area contributed by atoms with Crippen LogP contribution in [0, 0.1) is 20.8 Å². The molecule has 2 rings (SSSR count).